The molecule has 4 heteroatoms. The quantitative estimate of drug-likeness (QED) is 0.516. The standard InChI is InChI=1S/C16H23NO.C7H8OS.2C2H6/c1-16(2,13-9-5-4-6-10-13)15(18)17(3)14-11-7-8-12-14;1-9(8)7-5-3-2-4-6-7;2*1-2/h4-6,9-10,14H,7-8,11-12H2,1-3H3;2-6H,1H3;2*1-2H3. The van der Waals surface area contributed by atoms with E-state index in [1.807, 2.05) is 114 Å². The lowest BCUT2D eigenvalue weighted by molar-refractivity contribution is -0.137. The summed E-state index contributed by atoms with van der Waals surface area (Å²) in [4.78, 5) is 15.5. The van der Waals surface area contributed by atoms with Gasteiger partial charge in [0.05, 0.1) is 5.41 Å². The van der Waals surface area contributed by atoms with E-state index >= 15 is 0 Å². The number of carbonyl (C=O) groups excluding carboxylic acids is 1. The van der Waals surface area contributed by atoms with Gasteiger partial charge in [0.2, 0.25) is 5.91 Å². The molecule has 3 rings (SSSR count). The highest BCUT2D eigenvalue weighted by atomic mass is 32.2. The van der Waals surface area contributed by atoms with Crippen molar-refractivity contribution in [2.24, 2.45) is 0 Å². The van der Waals surface area contributed by atoms with Crippen LogP contribution in [-0.4, -0.2) is 34.4 Å². The van der Waals surface area contributed by atoms with Gasteiger partial charge in [0.1, 0.15) is 0 Å². The van der Waals surface area contributed by atoms with Crippen molar-refractivity contribution < 1.29 is 9.00 Å². The highest BCUT2D eigenvalue weighted by Crippen LogP contribution is 2.29. The predicted molar refractivity (Wildman–Crippen MR) is 136 cm³/mol. The van der Waals surface area contributed by atoms with Gasteiger partial charge in [-0.2, -0.15) is 0 Å². The van der Waals surface area contributed by atoms with Crippen molar-refractivity contribution >= 4 is 16.7 Å². The Labute approximate surface area is 193 Å². The molecule has 1 saturated carbocycles. The minimum Gasteiger partial charge on any atom is -0.342 e. The maximum Gasteiger partial charge on any atom is 0.232 e. The third kappa shape index (κ3) is 9.39. The average Bonchev–Trinajstić information content (AvgIpc) is 3.37. The molecule has 1 unspecified atom stereocenters. The number of likely N-dealkylation sites (N-methyl/N-ethyl adjacent to an activating group) is 1. The molecule has 0 bridgehead atoms. The molecule has 31 heavy (non-hydrogen) atoms. The second kappa shape index (κ2) is 15.8. The summed E-state index contributed by atoms with van der Waals surface area (Å²) in [6.07, 6.45) is 6.51. The van der Waals surface area contributed by atoms with Crippen LogP contribution in [0.5, 0.6) is 0 Å². The van der Waals surface area contributed by atoms with E-state index in [0.717, 1.165) is 23.3 Å². The van der Waals surface area contributed by atoms with Crippen LogP contribution in [0.3, 0.4) is 0 Å². The Morgan fingerprint density at radius 1 is 0.871 bits per heavy atom. The predicted octanol–water partition coefficient (Wildman–Crippen LogP) is 6.84. The van der Waals surface area contributed by atoms with E-state index in [4.69, 9.17) is 0 Å². The summed E-state index contributed by atoms with van der Waals surface area (Å²) in [6.45, 7) is 12.0. The second-order valence-corrected chi connectivity index (χ2v) is 8.99. The van der Waals surface area contributed by atoms with Gasteiger partial charge in [-0.25, -0.2) is 0 Å². The summed E-state index contributed by atoms with van der Waals surface area (Å²) in [5.41, 5.74) is 0.665. The van der Waals surface area contributed by atoms with Gasteiger partial charge in [0, 0.05) is 35.0 Å². The summed E-state index contributed by atoms with van der Waals surface area (Å²) < 4.78 is 10.8. The first kappa shape index (κ1) is 29.1. The van der Waals surface area contributed by atoms with Crippen molar-refractivity contribution in [1.29, 1.82) is 0 Å². The van der Waals surface area contributed by atoms with Crippen LogP contribution in [0.4, 0.5) is 0 Å². The lowest BCUT2D eigenvalue weighted by atomic mass is 9.83. The van der Waals surface area contributed by atoms with Crippen molar-refractivity contribution in [2.45, 2.75) is 83.6 Å². The first-order valence-electron chi connectivity index (χ1n) is 11.6. The maximum absolute atomic E-state index is 12.7. The fraction of sp³-hybridized carbons (Fsp3) is 0.519. The topological polar surface area (TPSA) is 37.4 Å². The van der Waals surface area contributed by atoms with Gasteiger partial charge >= 0.3 is 0 Å². The third-order valence-corrected chi connectivity index (χ3v) is 6.23. The highest BCUT2D eigenvalue weighted by Gasteiger charge is 2.35. The molecule has 1 fully saturated rings. The van der Waals surface area contributed by atoms with Crippen LogP contribution in [0.15, 0.2) is 65.6 Å². The molecule has 0 saturated heterocycles. The van der Waals surface area contributed by atoms with Crippen molar-refractivity contribution in [3.8, 4) is 0 Å². The molecule has 0 heterocycles. The van der Waals surface area contributed by atoms with Crippen LogP contribution in [0.25, 0.3) is 0 Å². The molecule has 2 aromatic rings. The number of carbonyl (C=O) groups is 1. The van der Waals surface area contributed by atoms with Gasteiger partial charge in [-0.1, -0.05) is 89.1 Å². The summed E-state index contributed by atoms with van der Waals surface area (Å²) in [5.74, 6) is 0.237. The Bertz CT molecular complexity index is 738. The Morgan fingerprint density at radius 3 is 1.68 bits per heavy atom. The number of hydrogen-bond donors (Lipinski definition) is 0. The van der Waals surface area contributed by atoms with Gasteiger partial charge in [0.15, 0.2) is 0 Å². The monoisotopic (exact) mass is 445 g/mol. The van der Waals surface area contributed by atoms with Gasteiger partial charge < -0.3 is 4.90 Å². The molecule has 0 aliphatic heterocycles. The zero-order valence-electron chi connectivity index (χ0n) is 20.9. The SMILES string of the molecule is CC.CC.CN(C(=O)C(C)(C)c1ccccc1)C1CCCC1.CS(=O)c1ccccc1. The van der Waals surface area contributed by atoms with Gasteiger partial charge in [-0.15, -0.1) is 0 Å². The van der Waals surface area contributed by atoms with Crippen LogP contribution < -0.4 is 0 Å². The molecule has 0 radical (unpaired) electrons. The molecule has 2 aromatic carbocycles. The zero-order chi connectivity index (χ0) is 23.9. The number of hydrogen-bond acceptors (Lipinski definition) is 2. The molecule has 1 aliphatic carbocycles. The minimum atomic E-state index is -0.829. The van der Waals surface area contributed by atoms with Crippen LogP contribution in [0.1, 0.15) is 72.8 Å². The molecule has 174 valence electrons. The summed E-state index contributed by atoms with van der Waals surface area (Å²) >= 11 is 0. The third-order valence-electron chi connectivity index (χ3n) is 5.30. The molecular weight excluding hydrogens is 402 g/mol. The lowest BCUT2D eigenvalue weighted by Gasteiger charge is -2.33. The first-order valence-corrected chi connectivity index (χ1v) is 13.1. The molecular formula is C27H43NO2S. The fourth-order valence-electron chi connectivity index (χ4n) is 3.49. The van der Waals surface area contributed by atoms with Crippen molar-refractivity contribution in [3.63, 3.8) is 0 Å². The Morgan fingerprint density at radius 2 is 1.29 bits per heavy atom. The average molecular weight is 446 g/mol. The Hall–Kier alpha value is -1.94. The van der Waals surface area contributed by atoms with Crippen molar-refractivity contribution in [3.05, 3.63) is 66.2 Å². The molecule has 0 N–H and O–H groups in total. The second-order valence-electron chi connectivity index (χ2n) is 7.61. The lowest BCUT2D eigenvalue weighted by Crippen LogP contribution is -2.45. The van der Waals surface area contributed by atoms with Crippen LogP contribution in [0.2, 0.25) is 0 Å². The van der Waals surface area contributed by atoms with Crippen LogP contribution in [0, 0.1) is 0 Å². The number of nitrogens with zero attached hydrogens (tertiary/aromatic N) is 1. The minimum absolute atomic E-state index is 0.237. The number of rotatable bonds is 4. The maximum atomic E-state index is 12.7. The molecule has 0 spiro atoms. The zero-order valence-corrected chi connectivity index (χ0v) is 21.7. The van der Waals surface area contributed by atoms with E-state index in [2.05, 4.69) is 0 Å². The Balaban J connectivity index is 0.000000582. The van der Waals surface area contributed by atoms with Crippen molar-refractivity contribution in [2.75, 3.05) is 13.3 Å². The van der Waals surface area contributed by atoms with E-state index in [1.54, 1.807) is 6.26 Å². The summed E-state index contributed by atoms with van der Waals surface area (Å²) in [5, 5.41) is 0. The summed E-state index contributed by atoms with van der Waals surface area (Å²) in [7, 11) is 1.13. The van der Waals surface area contributed by atoms with E-state index in [1.165, 1.54) is 12.8 Å². The van der Waals surface area contributed by atoms with Crippen LogP contribution >= 0.6 is 0 Å². The molecule has 1 amide bonds. The van der Waals surface area contributed by atoms with E-state index in [9.17, 15) is 9.00 Å². The Kier molecular flexibility index (Phi) is 14.8. The summed E-state index contributed by atoms with van der Waals surface area (Å²) in [6, 6.07) is 19.9. The van der Waals surface area contributed by atoms with Crippen LogP contribution in [-0.2, 0) is 21.0 Å². The largest absolute Gasteiger partial charge is 0.342 e. The van der Waals surface area contributed by atoms with Gasteiger partial charge in [0.25, 0.3) is 0 Å². The van der Waals surface area contributed by atoms with E-state index < -0.39 is 16.2 Å². The van der Waals surface area contributed by atoms with E-state index in [-0.39, 0.29) is 5.91 Å². The fourth-order valence-corrected chi connectivity index (χ4v) is 4.03. The highest BCUT2D eigenvalue weighted by molar-refractivity contribution is 7.84. The van der Waals surface area contributed by atoms with E-state index in [0.29, 0.717) is 6.04 Å². The smallest absolute Gasteiger partial charge is 0.232 e. The first-order chi connectivity index (χ1) is 14.8. The molecule has 1 atom stereocenters. The normalized spacial score (nSPS) is 13.9. The molecule has 0 aromatic heterocycles. The number of benzene rings is 2. The van der Waals surface area contributed by atoms with Gasteiger partial charge in [-0.3, -0.25) is 9.00 Å². The van der Waals surface area contributed by atoms with Gasteiger partial charge in [-0.05, 0) is 44.4 Å². The molecule has 1 aliphatic rings. The number of amides is 1. The molecule has 3 nitrogen and oxygen atoms in total. The van der Waals surface area contributed by atoms with Crippen molar-refractivity contribution in [1.82, 2.24) is 4.90 Å².